The topological polar surface area (TPSA) is 112 Å². The summed E-state index contributed by atoms with van der Waals surface area (Å²) in [4.78, 5) is 32.4. The van der Waals surface area contributed by atoms with E-state index >= 15 is 0 Å². The molecule has 0 bridgehead atoms. The Morgan fingerprint density at radius 3 is 2.71 bits per heavy atom. The summed E-state index contributed by atoms with van der Waals surface area (Å²) in [5.41, 5.74) is 8.98. The van der Waals surface area contributed by atoms with Crippen LogP contribution in [-0.2, 0) is 6.54 Å². The number of carbonyl (C=O) groups is 2. The minimum atomic E-state index is -0.414. The van der Waals surface area contributed by atoms with Crippen LogP contribution in [0.5, 0.6) is 0 Å². The van der Waals surface area contributed by atoms with Crippen LogP contribution in [0.3, 0.4) is 0 Å². The number of amides is 2. The molecule has 0 atom stereocenters. The molecule has 3 aromatic rings. The number of fused-ring (bicyclic) bond motifs is 1. The number of H-pyrrole nitrogens is 1. The number of piperidine rings is 1. The number of anilines is 1. The molecule has 0 saturated carbocycles. The Balaban J connectivity index is 1.25. The molecule has 2 aliphatic rings. The van der Waals surface area contributed by atoms with E-state index in [-0.39, 0.29) is 11.6 Å². The van der Waals surface area contributed by atoms with E-state index in [0.717, 1.165) is 61.1 Å². The summed E-state index contributed by atoms with van der Waals surface area (Å²) in [6.45, 7) is 8.97. The molecule has 2 aliphatic heterocycles. The van der Waals surface area contributed by atoms with Crippen molar-refractivity contribution < 1.29 is 9.59 Å². The lowest BCUT2D eigenvalue weighted by Crippen LogP contribution is -2.53. The number of carbonyl (C=O) groups excluding carboxylic acids is 2. The van der Waals surface area contributed by atoms with Gasteiger partial charge >= 0.3 is 6.03 Å². The fraction of sp³-hybridized carbons (Fsp3) is 0.400. The van der Waals surface area contributed by atoms with E-state index in [1.54, 1.807) is 18.3 Å². The molecule has 2 saturated heterocycles. The average molecular weight is 462 g/mol. The fourth-order valence-corrected chi connectivity index (χ4v) is 5.42. The molecule has 2 amide bonds. The summed E-state index contributed by atoms with van der Waals surface area (Å²) in [7, 11) is 0. The first-order chi connectivity index (χ1) is 16.3. The zero-order valence-electron chi connectivity index (χ0n) is 19.5. The monoisotopic (exact) mass is 461 g/mol. The number of aromatic amines is 1. The fourth-order valence-electron chi connectivity index (χ4n) is 5.42. The maximum Gasteiger partial charge on any atom is 0.344 e. The number of rotatable bonds is 5. The van der Waals surface area contributed by atoms with Gasteiger partial charge in [0.25, 0.3) is 0 Å². The highest BCUT2D eigenvalue weighted by Crippen LogP contribution is 2.39. The van der Waals surface area contributed by atoms with Gasteiger partial charge < -0.3 is 20.9 Å². The first-order valence-electron chi connectivity index (χ1n) is 11.8. The lowest BCUT2D eigenvalue weighted by Gasteiger charge is -2.44. The van der Waals surface area contributed by atoms with Gasteiger partial charge in [0.15, 0.2) is 5.82 Å². The predicted molar refractivity (Wildman–Crippen MR) is 131 cm³/mol. The van der Waals surface area contributed by atoms with E-state index in [0.29, 0.717) is 24.5 Å². The van der Waals surface area contributed by atoms with Crippen molar-refractivity contribution in [1.29, 1.82) is 0 Å². The molecule has 2 aromatic heterocycles. The van der Waals surface area contributed by atoms with Crippen molar-refractivity contribution in [2.24, 2.45) is 5.73 Å². The van der Waals surface area contributed by atoms with Gasteiger partial charge in [0.1, 0.15) is 0 Å². The van der Waals surface area contributed by atoms with Crippen LogP contribution in [0.1, 0.15) is 48.7 Å². The third-order valence-electron chi connectivity index (χ3n) is 7.15. The molecule has 0 unspecified atom stereocenters. The van der Waals surface area contributed by atoms with Crippen LogP contribution in [-0.4, -0.2) is 61.7 Å². The van der Waals surface area contributed by atoms with E-state index < -0.39 is 5.91 Å². The number of aromatic nitrogens is 3. The van der Waals surface area contributed by atoms with Crippen molar-refractivity contribution in [2.45, 2.75) is 44.7 Å². The van der Waals surface area contributed by atoms with E-state index in [9.17, 15) is 9.59 Å². The third kappa shape index (κ3) is 4.19. The van der Waals surface area contributed by atoms with Gasteiger partial charge in [0.2, 0.25) is 5.91 Å². The number of primary amides is 1. The molecule has 4 N–H and O–H groups in total. The molecule has 0 aliphatic carbocycles. The number of nitrogens with two attached hydrogens (primary N) is 1. The quantitative estimate of drug-likeness (QED) is 0.538. The van der Waals surface area contributed by atoms with Gasteiger partial charge in [-0.2, -0.15) is 4.68 Å². The summed E-state index contributed by atoms with van der Waals surface area (Å²) in [6.07, 6.45) is 5.90. The maximum absolute atomic E-state index is 13.0. The van der Waals surface area contributed by atoms with Crippen molar-refractivity contribution in [3.05, 3.63) is 60.1 Å². The maximum atomic E-state index is 13.0. The average Bonchev–Trinajstić information content (AvgIpc) is 3.52. The molecule has 1 spiro atoms. The summed E-state index contributed by atoms with van der Waals surface area (Å²) >= 11 is 0. The number of benzene rings is 1. The summed E-state index contributed by atoms with van der Waals surface area (Å²) in [5.74, 6) is 0.209. The van der Waals surface area contributed by atoms with Crippen LogP contribution in [0.4, 0.5) is 10.6 Å². The minimum Gasteiger partial charge on any atom is -0.366 e. The Labute approximate surface area is 198 Å². The first kappa shape index (κ1) is 22.2. The lowest BCUT2D eigenvalue weighted by atomic mass is 9.85. The van der Waals surface area contributed by atoms with Gasteiger partial charge in [-0.15, -0.1) is 5.10 Å². The molecule has 1 aromatic carbocycles. The Kier molecular flexibility index (Phi) is 5.65. The highest BCUT2D eigenvalue weighted by molar-refractivity contribution is 5.97. The molecule has 34 heavy (non-hydrogen) atoms. The van der Waals surface area contributed by atoms with E-state index in [2.05, 4.69) is 32.9 Å². The van der Waals surface area contributed by atoms with Crippen molar-refractivity contribution in [2.75, 3.05) is 25.0 Å². The van der Waals surface area contributed by atoms with Crippen LogP contribution in [0.25, 0.3) is 10.9 Å². The van der Waals surface area contributed by atoms with Crippen molar-refractivity contribution in [3.63, 3.8) is 0 Å². The normalized spacial score (nSPS) is 18.0. The lowest BCUT2D eigenvalue weighted by molar-refractivity contribution is 0.0578. The molecular weight excluding hydrogens is 430 g/mol. The number of nitrogens with one attached hydrogen (secondary N) is 2. The summed E-state index contributed by atoms with van der Waals surface area (Å²) in [5, 5.41) is 8.37. The Morgan fingerprint density at radius 2 is 1.97 bits per heavy atom. The van der Waals surface area contributed by atoms with E-state index in [4.69, 9.17) is 5.73 Å². The van der Waals surface area contributed by atoms with Crippen LogP contribution in [0.2, 0.25) is 0 Å². The number of likely N-dealkylation sites (tertiary alicyclic amines) is 2. The van der Waals surface area contributed by atoms with E-state index in [1.165, 1.54) is 4.68 Å². The van der Waals surface area contributed by atoms with Gasteiger partial charge in [-0.05, 0) is 63.4 Å². The Bertz CT molecular complexity index is 1250. The number of nitrogens with zero attached hydrogens (tertiary/aromatic N) is 4. The van der Waals surface area contributed by atoms with Crippen molar-refractivity contribution >= 4 is 28.7 Å². The highest BCUT2D eigenvalue weighted by Gasteiger charge is 2.44. The molecule has 9 heteroatoms. The van der Waals surface area contributed by atoms with Gasteiger partial charge in [-0.25, -0.2) is 4.79 Å². The van der Waals surface area contributed by atoms with Crippen molar-refractivity contribution in [1.82, 2.24) is 24.6 Å². The van der Waals surface area contributed by atoms with Gasteiger partial charge in [-0.3, -0.25) is 9.69 Å². The second kappa shape index (κ2) is 8.64. The third-order valence-corrected chi connectivity index (χ3v) is 7.15. The molecule has 0 radical (unpaired) electrons. The zero-order valence-corrected chi connectivity index (χ0v) is 19.5. The second-order valence-electron chi connectivity index (χ2n) is 9.53. The molecule has 4 heterocycles. The first-order valence-corrected chi connectivity index (χ1v) is 11.8. The molecule has 2 fully saturated rings. The Hall–Kier alpha value is -3.59. The van der Waals surface area contributed by atoms with Crippen LogP contribution in [0, 0.1) is 0 Å². The molecular formula is C25H31N7O2. The van der Waals surface area contributed by atoms with Crippen LogP contribution >= 0.6 is 0 Å². The highest BCUT2D eigenvalue weighted by atomic mass is 16.2. The molecule has 9 nitrogen and oxygen atoms in total. The predicted octanol–water partition coefficient (Wildman–Crippen LogP) is 3.51. The number of allylic oxidation sites excluding steroid dienone is 1. The van der Waals surface area contributed by atoms with Crippen molar-refractivity contribution in [3.8, 4) is 0 Å². The number of hydrogen-bond acceptors (Lipinski definition) is 5. The number of hydrogen-bond donors (Lipinski definition) is 3. The zero-order chi connectivity index (χ0) is 23.9. The van der Waals surface area contributed by atoms with Crippen LogP contribution < -0.4 is 11.1 Å². The second-order valence-corrected chi connectivity index (χ2v) is 9.53. The standard InChI is InChI=1S/C25H31N7O2/c1-17(2)27-22-6-11-32(29-22)24(34)30-12-8-25(9-13-30)7-3-10-31(25)16-20-15-19-14-18(23(26)33)4-5-21(19)28-20/h4-6,11,14-15,28H,1,3,7-10,12-13,16H2,2H3,(H2,26,33)(H,27,29). The molecule has 5 rings (SSSR count). The largest absolute Gasteiger partial charge is 0.366 e. The van der Waals surface area contributed by atoms with Gasteiger partial charge in [0, 0.05) is 65.3 Å². The summed E-state index contributed by atoms with van der Waals surface area (Å²) in [6, 6.07) is 9.31. The van der Waals surface area contributed by atoms with Crippen LogP contribution in [0.15, 0.2) is 48.8 Å². The van der Waals surface area contributed by atoms with Gasteiger partial charge in [0.05, 0.1) is 0 Å². The minimum absolute atomic E-state index is 0.0879. The smallest absolute Gasteiger partial charge is 0.344 e. The molecule has 178 valence electrons. The Morgan fingerprint density at radius 1 is 1.18 bits per heavy atom. The summed E-state index contributed by atoms with van der Waals surface area (Å²) < 4.78 is 1.40. The van der Waals surface area contributed by atoms with E-state index in [1.807, 2.05) is 24.0 Å². The van der Waals surface area contributed by atoms with Gasteiger partial charge in [-0.1, -0.05) is 6.58 Å². The SMILES string of the molecule is C=C(C)Nc1ccn(C(=O)N2CCC3(CCCN3Cc3cc4cc(C(N)=O)ccc4[nH]3)CC2)n1.